The largest absolute Gasteiger partial charge is 0.493 e. The maximum atomic E-state index is 14.6. The van der Waals surface area contributed by atoms with Crippen molar-refractivity contribution in [2.45, 2.75) is 31.3 Å². The smallest absolute Gasteiger partial charge is 0.271 e. The van der Waals surface area contributed by atoms with Gasteiger partial charge < -0.3 is 25.8 Å². The highest BCUT2D eigenvalue weighted by Gasteiger charge is 2.35. The van der Waals surface area contributed by atoms with E-state index in [1.54, 1.807) is 23.6 Å². The van der Waals surface area contributed by atoms with Crippen molar-refractivity contribution in [2.24, 2.45) is 16.5 Å². The Hall–Kier alpha value is -4.97. The Balaban J connectivity index is 2.16. The van der Waals surface area contributed by atoms with E-state index in [0.29, 0.717) is 23.5 Å². The molecule has 0 aromatic heterocycles. The number of rotatable bonds is 13. The molecule has 0 bridgehead atoms. The fourth-order valence-electron chi connectivity index (χ4n) is 4.49. The standard InChI is InChI=1S/C29H34N6O6/c1-40-24-16-15-20(18-25(24)41-2)19-34(23(14-9-17-30)27(36)32-29(31)33-35(38)39)28(37)26(21-10-5-3-6-11-21)22-12-7-4-8-13-22/h3-8,10-13,15-16,18,23,26H,9,14,17,19,30H2,1-2H3,(H3,31,32,33,36)/t23-/m0/s1. The van der Waals surface area contributed by atoms with Crippen molar-refractivity contribution in [1.82, 2.24) is 10.3 Å². The molecule has 0 fully saturated rings. The lowest BCUT2D eigenvalue weighted by atomic mass is 9.89. The van der Waals surface area contributed by atoms with Gasteiger partial charge in [0.15, 0.2) is 16.5 Å². The third-order valence-electron chi connectivity index (χ3n) is 6.38. The van der Waals surface area contributed by atoms with Crippen LogP contribution in [-0.4, -0.2) is 54.5 Å². The number of hydrogen-bond donors (Lipinski definition) is 3. The molecule has 3 rings (SSSR count). The molecule has 1 atom stereocenters. The van der Waals surface area contributed by atoms with Crippen molar-refractivity contribution >= 4 is 17.8 Å². The molecule has 0 aliphatic rings. The summed E-state index contributed by atoms with van der Waals surface area (Å²) < 4.78 is 10.8. The molecule has 2 amide bonds. The van der Waals surface area contributed by atoms with Crippen molar-refractivity contribution in [3.8, 4) is 11.5 Å². The summed E-state index contributed by atoms with van der Waals surface area (Å²) in [6.45, 7) is 0.240. The monoisotopic (exact) mass is 562 g/mol. The van der Waals surface area contributed by atoms with Crippen LogP contribution >= 0.6 is 0 Å². The third-order valence-corrected chi connectivity index (χ3v) is 6.38. The van der Waals surface area contributed by atoms with Crippen molar-refractivity contribution in [3.05, 3.63) is 106 Å². The van der Waals surface area contributed by atoms with Crippen LogP contribution in [0.3, 0.4) is 0 Å². The second kappa shape index (κ2) is 15.0. The van der Waals surface area contributed by atoms with Gasteiger partial charge in [-0.3, -0.25) is 9.59 Å². The van der Waals surface area contributed by atoms with Crippen LogP contribution in [0.1, 0.15) is 35.4 Å². The highest BCUT2D eigenvalue weighted by atomic mass is 16.7. The van der Waals surface area contributed by atoms with E-state index in [1.165, 1.54) is 19.1 Å². The number of amides is 2. The van der Waals surface area contributed by atoms with Crippen molar-refractivity contribution in [3.63, 3.8) is 0 Å². The van der Waals surface area contributed by atoms with Crippen LogP contribution in [0.25, 0.3) is 0 Å². The van der Waals surface area contributed by atoms with Gasteiger partial charge in [0.2, 0.25) is 5.91 Å². The van der Waals surface area contributed by atoms with E-state index in [4.69, 9.17) is 20.9 Å². The molecular formula is C29H34N6O6. The zero-order chi connectivity index (χ0) is 29.8. The van der Waals surface area contributed by atoms with Gasteiger partial charge in [-0.25, -0.2) is 10.1 Å². The lowest BCUT2D eigenvalue weighted by Crippen LogP contribution is -2.47. The van der Waals surface area contributed by atoms with Crippen LogP contribution in [0, 0.1) is 10.1 Å². The Morgan fingerprint density at radius 1 is 0.976 bits per heavy atom. The van der Waals surface area contributed by atoms with Crippen LogP contribution in [0.2, 0.25) is 0 Å². The van der Waals surface area contributed by atoms with Gasteiger partial charge in [0.1, 0.15) is 6.04 Å². The van der Waals surface area contributed by atoms with Crippen LogP contribution in [0.5, 0.6) is 11.5 Å². The molecule has 0 aliphatic heterocycles. The minimum Gasteiger partial charge on any atom is -0.493 e. The predicted octanol–water partition coefficient (Wildman–Crippen LogP) is 2.59. The number of nitrogens with two attached hydrogens (primary N) is 2. The molecule has 0 spiro atoms. The molecule has 12 heteroatoms. The minimum atomic E-state index is -1.12. The fourth-order valence-corrected chi connectivity index (χ4v) is 4.49. The number of hydrazine groups is 1. The summed E-state index contributed by atoms with van der Waals surface area (Å²) in [6, 6.07) is 22.5. The lowest BCUT2D eigenvalue weighted by molar-refractivity contribution is -0.525. The molecule has 0 saturated heterocycles. The van der Waals surface area contributed by atoms with Gasteiger partial charge in [0.25, 0.3) is 11.9 Å². The first-order valence-electron chi connectivity index (χ1n) is 12.9. The number of aliphatic imine (C=N–C) groups is 1. The first-order valence-corrected chi connectivity index (χ1v) is 12.9. The van der Waals surface area contributed by atoms with Gasteiger partial charge in [0, 0.05) is 6.54 Å². The topological polar surface area (TPSA) is 175 Å². The van der Waals surface area contributed by atoms with E-state index in [0.717, 1.165) is 11.1 Å². The van der Waals surface area contributed by atoms with E-state index in [9.17, 15) is 19.7 Å². The number of carbonyl (C=O) groups is 2. The molecule has 0 radical (unpaired) electrons. The van der Waals surface area contributed by atoms with Gasteiger partial charge in [-0.05, 0) is 48.2 Å². The summed E-state index contributed by atoms with van der Waals surface area (Å²) >= 11 is 0. The normalized spacial score (nSPS) is 12.0. The molecule has 41 heavy (non-hydrogen) atoms. The number of nitrogens with one attached hydrogen (secondary N) is 1. The number of nitrogens with zero attached hydrogens (tertiary/aromatic N) is 3. The van der Waals surface area contributed by atoms with E-state index >= 15 is 0 Å². The summed E-state index contributed by atoms with van der Waals surface area (Å²) in [6.07, 6.45) is 0.533. The number of guanidine groups is 1. The molecule has 3 aromatic carbocycles. The Kier molecular flexibility index (Phi) is 11.2. The van der Waals surface area contributed by atoms with E-state index in [1.807, 2.05) is 60.7 Å². The van der Waals surface area contributed by atoms with Gasteiger partial charge in [-0.1, -0.05) is 72.2 Å². The average Bonchev–Trinajstić information content (AvgIpc) is 2.97. The van der Waals surface area contributed by atoms with Crippen molar-refractivity contribution < 1.29 is 24.1 Å². The third kappa shape index (κ3) is 8.26. The maximum absolute atomic E-state index is 14.6. The predicted molar refractivity (Wildman–Crippen MR) is 154 cm³/mol. The first kappa shape index (κ1) is 30.6. The molecule has 0 heterocycles. The maximum Gasteiger partial charge on any atom is 0.271 e. The molecule has 12 nitrogen and oxygen atoms in total. The highest BCUT2D eigenvalue weighted by molar-refractivity contribution is 5.97. The highest BCUT2D eigenvalue weighted by Crippen LogP contribution is 2.32. The summed E-state index contributed by atoms with van der Waals surface area (Å²) in [5.41, 5.74) is 15.2. The Bertz CT molecular complexity index is 1310. The summed E-state index contributed by atoms with van der Waals surface area (Å²) in [5.74, 6) is -1.70. The zero-order valence-electron chi connectivity index (χ0n) is 22.9. The number of nitro groups is 1. The van der Waals surface area contributed by atoms with Gasteiger partial charge in [0.05, 0.1) is 20.1 Å². The number of carbonyl (C=O) groups excluding carboxylic acids is 2. The molecule has 5 N–H and O–H groups in total. The molecular weight excluding hydrogens is 528 g/mol. The van der Waals surface area contributed by atoms with E-state index in [2.05, 4.69) is 4.99 Å². The van der Waals surface area contributed by atoms with E-state index < -0.39 is 28.9 Å². The zero-order valence-corrected chi connectivity index (χ0v) is 22.9. The SMILES string of the molecule is COc1ccc(CN(C(=O)C(c2ccccc2)c2ccccc2)[C@@H](CCCN)C(=O)N=C(N)N[N+](=O)[O-])cc1OC. The van der Waals surface area contributed by atoms with Gasteiger partial charge >= 0.3 is 0 Å². The number of ether oxygens (including phenoxy) is 2. The van der Waals surface area contributed by atoms with Crippen LogP contribution in [0.4, 0.5) is 0 Å². The Morgan fingerprint density at radius 3 is 2.07 bits per heavy atom. The lowest BCUT2D eigenvalue weighted by Gasteiger charge is -2.33. The molecule has 3 aromatic rings. The molecule has 0 saturated carbocycles. The summed E-state index contributed by atoms with van der Waals surface area (Å²) in [4.78, 5) is 44.0. The van der Waals surface area contributed by atoms with Crippen LogP contribution < -0.4 is 26.4 Å². The second-order valence-electron chi connectivity index (χ2n) is 9.06. The summed E-state index contributed by atoms with van der Waals surface area (Å²) in [5, 5.41) is 9.93. The average molecular weight is 563 g/mol. The van der Waals surface area contributed by atoms with Crippen LogP contribution in [-0.2, 0) is 16.1 Å². The van der Waals surface area contributed by atoms with Crippen molar-refractivity contribution in [2.75, 3.05) is 20.8 Å². The van der Waals surface area contributed by atoms with Crippen molar-refractivity contribution in [1.29, 1.82) is 0 Å². The van der Waals surface area contributed by atoms with E-state index in [-0.39, 0.29) is 25.4 Å². The first-order chi connectivity index (χ1) is 19.8. The Labute approximate surface area is 238 Å². The molecule has 216 valence electrons. The van der Waals surface area contributed by atoms with Crippen LogP contribution in [0.15, 0.2) is 83.9 Å². The molecule has 0 unspecified atom stereocenters. The molecule has 0 aliphatic carbocycles. The minimum absolute atomic E-state index is 0.00553. The number of methoxy groups -OCH3 is 2. The fraction of sp³-hybridized carbons (Fsp3) is 0.276. The number of hydrogen-bond acceptors (Lipinski definition) is 7. The second-order valence-corrected chi connectivity index (χ2v) is 9.06. The quantitative estimate of drug-likeness (QED) is 0.122. The Morgan fingerprint density at radius 2 is 1.56 bits per heavy atom. The van der Waals surface area contributed by atoms with Gasteiger partial charge in [-0.15, -0.1) is 0 Å². The summed E-state index contributed by atoms with van der Waals surface area (Å²) in [7, 11) is 3.01. The van der Waals surface area contributed by atoms with Gasteiger partial charge in [-0.2, -0.15) is 4.99 Å². The number of benzene rings is 3.